The fourth-order valence-corrected chi connectivity index (χ4v) is 6.12. The topological polar surface area (TPSA) is 176 Å². The van der Waals surface area contributed by atoms with Crippen LogP contribution in [0.4, 0.5) is 5.13 Å². The van der Waals surface area contributed by atoms with Crippen LogP contribution in [0.15, 0.2) is 52.4 Å². The van der Waals surface area contributed by atoms with Gasteiger partial charge in [0.25, 0.3) is 11.8 Å². The van der Waals surface area contributed by atoms with E-state index in [-0.39, 0.29) is 28.7 Å². The van der Waals surface area contributed by atoms with Gasteiger partial charge >= 0.3 is 5.97 Å². The number of fused-ring (bicyclic) bond motifs is 2. The molecular weight excluding hydrogens is 510 g/mol. The average Bonchev–Trinajstić information content (AvgIpc) is 3.43. The van der Waals surface area contributed by atoms with Crippen LogP contribution in [0.3, 0.4) is 0 Å². The van der Waals surface area contributed by atoms with Crippen molar-refractivity contribution in [1.29, 1.82) is 0 Å². The van der Waals surface area contributed by atoms with Crippen LogP contribution in [0.25, 0.3) is 5.52 Å². The lowest BCUT2D eigenvalue weighted by atomic mass is 9.99. The van der Waals surface area contributed by atoms with Gasteiger partial charge < -0.3 is 26.2 Å². The number of pyridine rings is 1. The number of carboxylic acid groups (broad SMARTS) is 1. The molecule has 186 valence electrons. The molecule has 0 bridgehead atoms. The Hall–Kier alpha value is -4.11. The first-order chi connectivity index (χ1) is 17.3. The third-order valence-electron chi connectivity index (χ3n) is 5.76. The van der Waals surface area contributed by atoms with Gasteiger partial charge in [0.1, 0.15) is 36.1 Å². The SMILES string of the molecule is CO/N=C(\C(=O)N[C@@H]1C(=O)N2C(C(=O)O)=C(Cc3cn(O)[n+]4ccccc34)CS[C@H]12)c1csc(N)n1. The number of hydrogen-bond donors (Lipinski definition) is 4. The van der Waals surface area contributed by atoms with Crippen molar-refractivity contribution in [1.82, 2.24) is 20.0 Å². The number of oxime groups is 1. The highest BCUT2D eigenvalue weighted by atomic mass is 32.2. The second kappa shape index (κ2) is 9.16. The summed E-state index contributed by atoms with van der Waals surface area (Å²) >= 11 is 2.46. The number of carbonyl (C=O) groups is 3. The van der Waals surface area contributed by atoms with Crippen molar-refractivity contribution in [3.63, 3.8) is 0 Å². The maximum atomic E-state index is 13.0. The standard InChI is InChI=1S/C21H19N7O6S2/c1-34-25-14(12-9-36-21(22)23-12)17(29)24-15-18(30)28-16(20(31)32)11(8-35-19(15)28)6-10-7-27(33)26-5-3-2-4-13(10)26/h2-5,7,9,15,19H,6,8H2,1H3,(H4-,22,23,24,29,31,32,33)/p+1/b25-14-/t15-,19-/m1/s1. The lowest BCUT2D eigenvalue weighted by Gasteiger charge is -2.49. The van der Waals surface area contributed by atoms with Gasteiger partial charge in [-0.3, -0.25) is 14.5 Å². The van der Waals surface area contributed by atoms with E-state index >= 15 is 0 Å². The molecule has 0 unspecified atom stereocenters. The van der Waals surface area contributed by atoms with Crippen LogP contribution < -0.4 is 15.6 Å². The van der Waals surface area contributed by atoms with Crippen molar-refractivity contribution in [3.8, 4) is 0 Å². The second-order valence-electron chi connectivity index (χ2n) is 7.89. The van der Waals surface area contributed by atoms with E-state index in [0.29, 0.717) is 22.4 Å². The Balaban J connectivity index is 1.38. The van der Waals surface area contributed by atoms with E-state index in [4.69, 9.17) is 10.6 Å². The lowest BCUT2D eigenvalue weighted by molar-refractivity contribution is -0.647. The summed E-state index contributed by atoms with van der Waals surface area (Å²) in [5, 5.41) is 27.6. The third kappa shape index (κ3) is 3.91. The van der Waals surface area contributed by atoms with Crippen molar-refractivity contribution in [2.75, 3.05) is 18.6 Å². The van der Waals surface area contributed by atoms with Crippen LogP contribution in [0, 0.1) is 0 Å². The predicted octanol–water partition coefficient (Wildman–Crippen LogP) is -0.165. The summed E-state index contributed by atoms with van der Waals surface area (Å²) in [6, 6.07) is 4.42. The van der Waals surface area contributed by atoms with Gasteiger partial charge in [0, 0.05) is 34.5 Å². The van der Waals surface area contributed by atoms with Crippen LogP contribution in [0.2, 0.25) is 0 Å². The molecule has 0 aromatic carbocycles. The molecule has 3 aromatic rings. The minimum absolute atomic E-state index is 0.118. The molecule has 1 saturated heterocycles. The highest BCUT2D eigenvalue weighted by Gasteiger charge is 2.54. The molecule has 2 aliphatic rings. The zero-order valence-electron chi connectivity index (χ0n) is 18.7. The summed E-state index contributed by atoms with van der Waals surface area (Å²) in [6.07, 6.45) is 3.39. The second-order valence-corrected chi connectivity index (χ2v) is 9.89. The van der Waals surface area contributed by atoms with Crippen LogP contribution in [0.5, 0.6) is 0 Å². The number of aliphatic carboxylic acids is 1. The van der Waals surface area contributed by atoms with Crippen molar-refractivity contribution in [2.24, 2.45) is 5.16 Å². The number of thioether (sulfide) groups is 1. The van der Waals surface area contributed by atoms with Gasteiger partial charge in [0.2, 0.25) is 11.7 Å². The number of hydrogen-bond acceptors (Lipinski definition) is 10. The number of β-lactam (4-membered cyclic amide) rings is 1. The Kier molecular flexibility index (Phi) is 6.01. The Bertz CT molecular complexity index is 1460. The molecule has 0 radical (unpaired) electrons. The molecule has 5 heterocycles. The van der Waals surface area contributed by atoms with E-state index in [2.05, 4.69) is 15.5 Å². The first-order valence-electron chi connectivity index (χ1n) is 10.5. The zero-order valence-corrected chi connectivity index (χ0v) is 20.3. The van der Waals surface area contributed by atoms with Gasteiger partial charge in [0.15, 0.2) is 10.8 Å². The van der Waals surface area contributed by atoms with Crippen LogP contribution in [0.1, 0.15) is 11.3 Å². The highest BCUT2D eigenvalue weighted by molar-refractivity contribution is 8.00. The summed E-state index contributed by atoms with van der Waals surface area (Å²) < 4.78 is 1.52. The Labute approximate surface area is 211 Å². The zero-order chi connectivity index (χ0) is 25.6. The van der Waals surface area contributed by atoms with Gasteiger partial charge in [0.05, 0.1) is 5.56 Å². The first-order valence-corrected chi connectivity index (χ1v) is 12.5. The Morgan fingerprint density at radius 2 is 2.22 bits per heavy atom. The summed E-state index contributed by atoms with van der Waals surface area (Å²) in [5.41, 5.74) is 7.51. The number of amides is 2. The molecule has 2 aliphatic heterocycles. The number of nitrogens with two attached hydrogens (primary N) is 1. The van der Waals surface area contributed by atoms with Crippen LogP contribution >= 0.6 is 23.1 Å². The average molecular weight is 531 g/mol. The molecule has 36 heavy (non-hydrogen) atoms. The largest absolute Gasteiger partial charge is 0.477 e. The van der Waals surface area contributed by atoms with E-state index in [1.165, 1.54) is 39.9 Å². The minimum Gasteiger partial charge on any atom is -0.477 e. The molecule has 15 heteroatoms. The molecule has 13 nitrogen and oxygen atoms in total. The molecular formula is C21H20N7O6S2+. The maximum absolute atomic E-state index is 13.0. The number of nitrogens with zero attached hydrogens (tertiary/aromatic N) is 5. The first kappa shape index (κ1) is 23.6. The van der Waals surface area contributed by atoms with Crippen molar-refractivity contribution in [3.05, 3.63) is 58.5 Å². The molecule has 0 aliphatic carbocycles. The summed E-state index contributed by atoms with van der Waals surface area (Å²) in [5.74, 6) is -2.17. The normalized spacial score (nSPS) is 19.8. The smallest absolute Gasteiger partial charge is 0.352 e. The highest BCUT2D eigenvalue weighted by Crippen LogP contribution is 2.41. The maximum Gasteiger partial charge on any atom is 0.352 e. The van der Waals surface area contributed by atoms with Crippen LogP contribution in [-0.2, 0) is 25.6 Å². The molecule has 3 aromatic heterocycles. The summed E-state index contributed by atoms with van der Waals surface area (Å²) in [4.78, 5) is 49.0. The molecule has 2 amide bonds. The predicted molar refractivity (Wildman–Crippen MR) is 128 cm³/mol. The van der Waals surface area contributed by atoms with E-state index < -0.39 is 29.2 Å². The number of rotatable bonds is 7. The van der Waals surface area contributed by atoms with E-state index in [1.807, 2.05) is 6.07 Å². The number of nitrogens with one attached hydrogen (secondary N) is 1. The number of carboxylic acids is 1. The van der Waals surface area contributed by atoms with Gasteiger partial charge in [-0.2, -0.15) is 0 Å². The van der Waals surface area contributed by atoms with Gasteiger partial charge in [-0.25, -0.2) is 9.78 Å². The molecule has 0 spiro atoms. The number of nitrogen functional groups attached to an aromatic ring is 1. The number of anilines is 1. The lowest BCUT2D eigenvalue weighted by Crippen LogP contribution is -2.71. The third-order valence-corrected chi connectivity index (χ3v) is 7.78. The summed E-state index contributed by atoms with van der Waals surface area (Å²) in [6.45, 7) is 0. The van der Waals surface area contributed by atoms with Crippen molar-refractivity contribution >= 4 is 57.2 Å². The quantitative estimate of drug-likeness (QED) is 0.106. The van der Waals surface area contributed by atoms with Crippen molar-refractivity contribution in [2.45, 2.75) is 17.8 Å². The summed E-state index contributed by atoms with van der Waals surface area (Å²) in [7, 11) is 1.27. The minimum atomic E-state index is -1.24. The van der Waals surface area contributed by atoms with E-state index in [0.717, 1.165) is 16.2 Å². The Morgan fingerprint density at radius 3 is 2.92 bits per heavy atom. The molecule has 1 fully saturated rings. The van der Waals surface area contributed by atoms with Crippen LogP contribution in [-0.4, -0.2) is 72.8 Å². The Morgan fingerprint density at radius 1 is 1.42 bits per heavy atom. The fraction of sp³-hybridized carbons (Fsp3) is 0.238. The number of aromatic nitrogens is 3. The van der Waals surface area contributed by atoms with E-state index in [9.17, 15) is 24.7 Å². The molecule has 2 atom stereocenters. The number of thiazole rings is 1. The monoisotopic (exact) mass is 530 g/mol. The van der Waals surface area contributed by atoms with Gasteiger partial charge in [-0.1, -0.05) is 5.16 Å². The molecule has 5 rings (SSSR count). The fourth-order valence-electron chi connectivity index (χ4n) is 4.22. The van der Waals surface area contributed by atoms with Gasteiger partial charge in [-0.15, -0.1) is 23.1 Å². The molecule has 5 N–H and O–H groups in total. The number of carbonyl (C=O) groups excluding carboxylic acids is 2. The van der Waals surface area contributed by atoms with Crippen molar-refractivity contribution < 1.29 is 34.1 Å². The van der Waals surface area contributed by atoms with Gasteiger partial charge in [-0.05, 0) is 16.2 Å². The molecule has 0 saturated carbocycles. The van der Waals surface area contributed by atoms with E-state index in [1.54, 1.807) is 18.3 Å².